The molecule has 0 aromatic carbocycles. The van der Waals surface area contributed by atoms with E-state index in [-0.39, 0.29) is 0 Å². The highest BCUT2D eigenvalue weighted by Gasteiger charge is 1.93. The van der Waals surface area contributed by atoms with Gasteiger partial charge in [0.05, 0.1) is 0 Å². The number of allylic oxidation sites excluding steroid dienone is 8. The van der Waals surface area contributed by atoms with Crippen molar-refractivity contribution in [1.82, 2.24) is 0 Å². The fourth-order valence-electron chi connectivity index (χ4n) is 3.50. The first-order chi connectivity index (χ1) is 16.7. The van der Waals surface area contributed by atoms with Crippen LogP contribution >= 0.6 is 0 Å². The summed E-state index contributed by atoms with van der Waals surface area (Å²) in [5.41, 5.74) is 6.30. The summed E-state index contributed by atoms with van der Waals surface area (Å²) in [5.74, 6) is 0. The molecule has 0 saturated heterocycles. The maximum absolute atomic E-state index is 4.04. The second-order valence-electron chi connectivity index (χ2n) is 9.82. The molecule has 0 unspecified atom stereocenters. The van der Waals surface area contributed by atoms with Gasteiger partial charge in [-0.3, -0.25) is 4.99 Å². The van der Waals surface area contributed by atoms with Gasteiger partial charge < -0.3 is 0 Å². The van der Waals surface area contributed by atoms with E-state index in [0.29, 0.717) is 0 Å². The quantitative estimate of drug-likeness (QED) is 0.0840. The summed E-state index contributed by atoms with van der Waals surface area (Å²) in [7, 11) is 0. The Hall–Kier alpha value is -1.63. The summed E-state index contributed by atoms with van der Waals surface area (Å²) >= 11 is 0. The molecule has 0 heterocycles. The third-order valence-electron chi connectivity index (χ3n) is 5.76. The zero-order valence-electron chi connectivity index (χ0n) is 25.6. The molecule has 0 aliphatic rings. The van der Waals surface area contributed by atoms with Crippen molar-refractivity contribution in [1.29, 1.82) is 0 Å². The van der Waals surface area contributed by atoms with Crippen molar-refractivity contribution in [3.63, 3.8) is 0 Å². The number of hydrogen-bond acceptors (Lipinski definition) is 1. The topological polar surface area (TPSA) is 12.4 Å². The van der Waals surface area contributed by atoms with Gasteiger partial charge in [-0.2, -0.15) is 0 Å². The molecule has 0 aromatic heterocycles. The largest absolute Gasteiger partial charge is 0.266 e. The summed E-state index contributed by atoms with van der Waals surface area (Å²) < 4.78 is 0. The van der Waals surface area contributed by atoms with Crippen LogP contribution in [0.4, 0.5) is 0 Å². The van der Waals surface area contributed by atoms with Crippen molar-refractivity contribution >= 4 is 6.21 Å². The molecule has 0 aliphatic heterocycles. The van der Waals surface area contributed by atoms with Gasteiger partial charge in [0.1, 0.15) is 0 Å². The van der Waals surface area contributed by atoms with Gasteiger partial charge in [0.25, 0.3) is 0 Å². The Balaban J connectivity index is -0.000000466. The molecule has 0 aromatic rings. The Bertz CT molecular complexity index is 613. The monoisotopic (exact) mass is 485 g/mol. The first-order valence-electron chi connectivity index (χ1n) is 14.5. The predicted molar refractivity (Wildman–Crippen MR) is 167 cm³/mol. The molecule has 1 heteroatoms. The van der Waals surface area contributed by atoms with Crippen LogP contribution in [0.25, 0.3) is 0 Å². The molecule has 0 radical (unpaired) electrons. The minimum Gasteiger partial charge on any atom is -0.266 e. The lowest BCUT2D eigenvalue weighted by Crippen LogP contribution is -1.82. The van der Waals surface area contributed by atoms with Crippen LogP contribution in [-0.2, 0) is 0 Å². The normalized spacial score (nSPS) is 12.1. The highest BCUT2D eigenvalue weighted by atomic mass is 14.7. The summed E-state index contributed by atoms with van der Waals surface area (Å²) in [6, 6.07) is 0. The van der Waals surface area contributed by atoms with E-state index in [2.05, 4.69) is 71.8 Å². The van der Waals surface area contributed by atoms with Gasteiger partial charge in [0.2, 0.25) is 0 Å². The summed E-state index contributed by atoms with van der Waals surface area (Å²) in [6.07, 6.45) is 27.5. The third kappa shape index (κ3) is 37.1. The summed E-state index contributed by atoms with van der Waals surface area (Å²) in [6.45, 7) is 26.5. The van der Waals surface area contributed by atoms with Crippen molar-refractivity contribution < 1.29 is 0 Å². The minimum absolute atomic E-state index is 1.00. The molecule has 0 atom stereocenters. The molecule has 204 valence electrons. The Morgan fingerprint density at radius 2 is 1.14 bits per heavy atom. The molecular weight excluding hydrogens is 422 g/mol. The lowest BCUT2D eigenvalue weighted by Gasteiger charge is -2.02. The van der Waals surface area contributed by atoms with Crippen LogP contribution in [-0.4, -0.2) is 6.21 Å². The highest BCUT2D eigenvalue weighted by Crippen LogP contribution is 2.13. The van der Waals surface area contributed by atoms with Gasteiger partial charge in [-0.1, -0.05) is 126 Å². The van der Waals surface area contributed by atoms with Crippen LogP contribution in [0, 0.1) is 0 Å². The Morgan fingerprint density at radius 1 is 0.657 bits per heavy atom. The van der Waals surface area contributed by atoms with E-state index in [9.17, 15) is 0 Å². The molecule has 0 saturated carbocycles. The first-order valence-corrected chi connectivity index (χ1v) is 14.5. The van der Waals surface area contributed by atoms with E-state index in [1.54, 1.807) is 6.21 Å². The third-order valence-corrected chi connectivity index (χ3v) is 5.76. The number of rotatable bonds is 17. The average molecular weight is 486 g/mol. The molecule has 0 rings (SSSR count). The van der Waals surface area contributed by atoms with E-state index in [4.69, 9.17) is 0 Å². The van der Waals surface area contributed by atoms with E-state index >= 15 is 0 Å². The number of hydrogen-bond donors (Lipinski definition) is 0. The Kier molecular flexibility index (Phi) is 32.9. The summed E-state index contributed by atoms with van der Waals surface area (Å²) in [5, 5.41) is 0. The van der Waals surface area contributed by atoms with Crippen LogP contribution in [0.1, 0.15) is 152 Å². The van der Waals surface area contributed by atoms with Gasteiger partial charge >= 0.3 is 0 Å². The van der Waals surface area contributed by atoms with Gasteiger partial charge in [-0.05, 0) is 73.3 Å². The van der Waals surface area contributed by atoms with Crippen molar-refractivity contribution in [3.8, 4) is 0 Å². The molecule has 0 bridgehead atoms. The van der Waals surface area contributed by atoms with Gasteiger partial charge in [0, 0.05) is 11.9 Å². The van der Waals surface area contributed by atoms with E-state index in [1.165, 1.54) is 93.8 Å². The van der Waals surface area contributed by atoms with E-state index < -0.39 is 0 Å². The maximum Gasteiger partial charge on any atom is 0.0371 e. The first kappa shape index (κ1) is 37.9. The maximum atomic E-state index is 4.04. The van der Waals surface area contributed by atoms with Crippen LogP contribution in [0.2, 0.25) is 0 Å². The second kappa shape index (κ2) is 30.4. The second-order valence-corrected chi connectivity index (χ2v) is 9.82. The van der Waals surface area contributed by atoms with E-state index in [1.807, 2.05) is 26.8 Å². The predicted octanol–water partition coefficient (Wildman–Crippen LogP) is 12.5. The average Bonchev–Trinajstić information content (AvgIpc) is 2.81. The SMILES string of the molecule is C/C=C(\C=C(/C)CC)CC.C=C(C)/C=C(/C)N=CC.C=C(C)CCCCCCCCCCCCC. The van der Waals surface area contributed by atoms with E-state index in [0.717, 1.165) is 24.1 Å². The molecule has 0 spiro atoms. The Morgan fingerprint density at radius 3 is 1.49 bits per heavy atom. The number of nitrogens with zero attached hydrogens (tertiary/aromatic N) is 1. The number of aliphatic imine (C=N–C) groups is 1. The molecule has 0 amide bonds. The van der Waals surface area contributed by atoms with Crippen molar-refractivity contribution in [3.05, 3.63) is 59.4 Å². The minimum atomic E-state index is 1.00. The van der Waals surface area contributed by atoms with Gasteiger partial charge in [0.15, 0.2) is 0 Å². The molecule has 0 N–H and O–H groups in total. The van der Waals surface area contributed by atoms with Crippen LogP contribution in [0.15, 0.2) is 64.4 Å². The van der Waals surface area contributed by atoms with Crippen LogP contribution in [0.3, 0.4) is 0 Å². The Labute approximate surface area is 222 Å². The lowest BCUT2D eigenvalue weighted by atomic mass is 10.0. The summed E-state index contributed by atoms with van der Waals surface area (Å²) in [4.78, 5) is 4.04. The zero-order valence-corrected chi connectivity index (χ0v) is 25.6. The van der Waals surface area contributed by atoms with Crippen LogP contribution < -0.4 is 0 Å². The molecule has 0 aliphatic carbocycles. The fraction of sp³-hybridized carbons (Fsp3) is 0.676. The lowest BCUT2D eigenvalue weighted by molar-refractivity contribution is 0.549. The van der Waals surface area contributed by atoms with Crippen molar-refractivity contribution in [2.24, 2.45) is 4.99 Å². The molecule has 35 heavy (non-hydrogen) atoms. The molecular formula is C34H63N. The standard InChI is InChI=1S/C16H32.C10H18.C8H13N/c1-4-5-6-7-8-9-10-11-12-13-14-15-16(2)3;1-5-9(4)8-10(6-2)7-3;1-5-9-8(4)6-7(2)3/h2,4-15H2,1,3H3;6,8H,5,7H2,1-4H3;5-6H,2H2,1,3-4H3/b;9-8+,10-6-;8-6-,9-5?. The van der Waals surface area contributed by atoms with Crippen molar-refractivity contribution in [2.45, 2.75) is 152 Å². The zero-order chi connectivity index (χ0) is 27.3. The number of unbranched alkanes of at least 4 members (excludes halogenated alkanes) is 10. The molecule has 0 fully saturated rings. The molecule has 1 nitrogen and oxygen atoms in total. The smallest absolute Gasteiger partial charge is 0.0371 e. The van der Waals surface area contributed by atoms with Gasteiger partial charge in [-0.25, -0.2) is 0 Å². The highest BCUT2D eigenvalue weighted by molar-refractivity contribution is 5.55. The van der Waals surface area contributed by atoms with Gasteiger partial charge in [-0.15, -0.1) is 6.58 Å². The fourth-order valence-corrected chi connectivity index (χ4v) is 3.50. The van der Waals surface area contributed by atoms with Crippen molar-refractivity contribution in [2.75, 3.05) is 0 Å². The van der Waals surface area contributed by atoms with Crippen LogP contribution in [0.5, 0.6) is 0 Å².